The number of aryl methyl sites for hydroxylation is 1. The summed E-state index contributed by atoms with van der Waals surface area (Å²) in [4.78, 5) is 5.93. The molecule has 1 atom stereocenters. The number of nitrogens with one attached hydrogen (secondary N) is 1. The lowest BCUT2D eigenvalue weighted by atomic mass is 9.99. The molecular formula is C28H32N4O3. The first-order valence-corrected chi connectivity index (χ1v) is 11.6. The van der Waals surface area contributed by atoms with Crippen LogP contribution in [0.1, 0.15) is 41.5 Å². The maximum absolute atomic E-state index is 9.32. The van der Waals surface area contributed by atoms with Gasteiger partial charge in [-0.1, -0.05) is 42.8 Å². The lowest BCUT2D eigenvalue weighted by molar-refractivity contribution is -0.115. The van der Waals surface area contributed by atoms with E-state index in [0.717, 1.165) is 48.1 Å². The molecule has 0 bridgehead atoms. The van der Waals surface area contributed by atoms with Gasteiger partial charge in [-0.25, -0.2) is 5.06 Å². The van der Waals surface area contributed by atoms with E-state index in [-0.39, 0.29) is 12.1 Å². The number of nitriles is 1. The zero-order chi connectivity index (χ0) is 25.0. The molecular weight excluding hydrogens is 440 g/mol. The number of hydrogen-bond acceptors (Lipinski definition) is 5. The molecule has 0 radical (unpaired) electrons. The van der Waals surface area contributed by atoms with Crippen molar-refractivity contribution >= 4 is 11.5 Å². The highest BCUT2D eigenvalue weighted by molar-refractivity contribution is 5.76. The van der Waals surface area contributed by atoms with Crippen molar-refractivity contribution in [3.63, 3.8) is 0 Å². The van der Waals surface area contributed by atoms with E-state index < -0.39 is 0 Å². The lowest BCUT2D eigenvalue weighted by Crippen LogP contribution is -2.36. The molecule has 1 aliphatic heterocycles. The Morgan fingerprint density at radius 3 is 2.83 bits per heavy atom. The Kier molecular flexibility index (Phi) is 9.52. The maximum Gasteiger partial charge on any atom is 0.212 e. The van der Waals surface area contributed by atoms with Crippen molar-refractivity contribution < 1.29 is 14.3 Å². The summed E-state index contributed by atoms with van der Waals surface area (Å²) in [6.07, 6.45) is 12.6. The van der Waals surface area contributed by atoms with Gasteiger partial charge >= 0.3 is 0 Å². The maximum atomic E-state index is 9.32. The minimum Gasteiger partial charge on any atom is -0.497 e. The number of benzene rings is 2. The molecule has 0 saturated heterocycles. The van der Waals surface area contributed by atoms with Gasteiger partial charge in [0.05, 0.1) is 25.0 Å². The summed E-state index contributed by atoms with van der Waals surface area (Å²) in [6.45, 7) is 0.466. The summed E-state index contributed by atoms with van der Waals surface area (Å²) in [5.41, 5.74) is 10.3. The Balaban J connectivity index is 1.92. The van der Waals surface area contributed by atoms with Gasteiger partial charge in [0.15, 0.2) is 0 Å². The Labute approximate surface area is 207 Å². The van der Waals surface area contributed by atoms with E-state index in [4.69, 9.17) is 25.5 Å². The quantitative estimate of drug-likeness (QED) is 0.365. The summed E-state index contributed by atoms with van der Waals surface area (Å²) >= 11 is 0. The largest absolute Gasteiger partial charge is 0.497 e. The average molecular weight is 473 g/mol. The number of nitrogens with zero attached hydrogens (tertiary/aromatic N) is 2. The molecule has 2 aromatic carbocycles. The number of allylic oxidation sites excluding steroid dienone is 4. The van der Waals surface area contributed by atoms with Crippen LogP contribution in [0.3, 0.4) is 0 Å². The number of methoxy groups -OCH3 is 1. The van der Waals surface area contributed by atoms with Crippen molar-refractivity contribution in [2.24, 2.45) is 5.73 Å². The predicted molar refractivity (Wildman–Crippen MR) is 137 cm³/mol. The van der Waals surface area contributed by atoms with Crippen molar-refractivity contribution in [3.8, 4) is 11.8 Å². The number of nitrogens with two attached hydrogens (primary N) is 1. The fraction of sp³-hybridized carbons (Fsp3) is 0.286. The van der Waals surface area contributed by atoms with Gasteiger partial charge in [-0.15, -0.1) is 0 Å². The Hall–Kier alpha value is -4.02. The zero-order valence-corrected chi connectivity index (χ0v) is 20.2. The Bertz CT molecular complexity index is 1150. The van der Waals surface area contributed by atoms with Crippen LogP contribution in [0, 0.1) is 16.7 Å². The summed E-state index contributed by atoms with van der Waals surface area (Å²) in [6, 6.07) is 15.7. The van der Waals surface area contributed by atoms with Gasteiger partial charge in [0.2, 0.25) is 5.96 Å². The number of ether oxygens (including phenoxy) is 2. The van der Waals surface area contributed by atoms with Crippen molar-refractivity contribution in [2.45, 2.75) is 38.4 Å². The minimum absolute atomic E-state index is 0.159. The van der Waals surface area contributed by atoms with Crippen LogP contribution in [0.2, 0.25) is 0 Å². The predicted octanol–water partition coefficient (Wildman–Crippen LogP) is 5.09. The van der Waals surface area contributed by atoms with Gasteiger partial charge in [0.1, 0.15) is 18.5 Å². The van der Waals surface area contributed by atoms with Gasteiger partial charge in [0.25, 0.3) is 0 Å². The first kappa shape index (κ1) is 25.6. The van der Waals surface area contributed by atoms with Crippen molar-refractivity contribution in [2.75, 3.05) is 14.2 Å². The van der Waals surface area contributed by atoms with Crippen molar-refractivity contribution in [1.29, 1.82) is 10.7 Å². The van der Waals surface area contributed by atoms with Crippen LogP contribution in [0.5, 0.6) is 5.75 Å². The molecule has 3 rings (SSSR count). The number of hydrogen-bond donors (Lipinski definition) is 2. The van der Waals surface area contributed by atoms with Crippen LogP contribution < -0.4 is 10.5 Å². The average Bonchev–Trinajstić information content (AvgIpc) is 2.88. The second-order valence-electron chi connectivity index (χ2n) is 8.22. The molecule has 1 aliphatic rings. The van der Waals surface area contributed by atoms with Gasteiger partial charge in [-0.05, 0) is 71.9 Å². The SMILES string of the molecule is COc1ccc2c(c1)CCCCC(ON(C)C(=N)N)C=CC(c1cccc(C#N)c1)=CC=COC2. The summed E-state index contributed by atoms with van der Waals surface area (Å²) in [7, 11) is 3.30. The van der Waals surface area contributed by atoms with Crippen LogP contribution in [0.25, 0.3) is 5.57 Å². The smallest absolute Gasteiger partial charge is 0.212 e. The Morgan fingerprint density at radius 2 is 2.06 bits per heavy atom. The van der Waals surface area contributed by atoms with Gasteiger partial charge in [-0.3, -0.25) is 10.2 Å². The van der Waals surface area contributed by atoms with Gasteiger partial charge in [0, 0.05) is 7.05 Å². The molecule has 0 saturated carbocycles. The molecule has 3 N–H and O–H groups in total. The first-order valence-electron chi connectivity index (χ1n) is 11.6. The number of hydroxylamine groups is 2. The van der Waals surface area contributed by atoms with Crippen molar-refractivity contribution in [3.05, 3.63) is 95.3 Å². The van der Waals surface area contributed by atoms with Crippen LogP contribution in [0.4, 0.5) is 0 Å². The molecule has 182 valence electrons. The topological polar surface area (TPSA) is 105 Å². The van der Waals surface area contributed by atoms with Gasteiger partial charge in [-0.2, -0.15) is 5.26 Å². The van der Waals surface area contributed by atoms with E-state index in [0.29, 0.717) is 12.2 Å². The van der Waals surface area contributed by atoms with E-state index in [1.807, 2.05) is 54.6 Å². The highest BCUT2D eigenvalue weighted by atomic mass is 16.7. The molecule has 0 aromatic heterocycles. The molecule has 1 unspecified atom stereocenters. The Morgan fingerprint density at radius 1 is 1.20 bits per heavy atom. The fourth-order valence-corrected chi connectivity index (χ4v) is 3.77. The highest BCUT2D eigenvalue weighted by Gasteiger charge is 2.12. The standard InChI is InChI=1S/C28H32N4O3/c1-32(28(30)31)35-26-11-4-3-8-24-18-27(33-2)15-13-25(24)20-34-16-6-10-22(12-14-26)23-9-5-7-21(17-23)19-29/h5-7,9-10,12-18,26H,3-4,8,11,20H2,1-2H3,(H3,30,31). The van der Waals surface area contributed by atoms with Crippen molar-refractivity contribution in [1.82, 2.24) is 5.06 Å². The molecule has 0 spiro atoms. The highest BCUT2D eigenvalue weighted by Crippen LogP contribution is 2.23. The third-order valence-corrected chi connectivity index (χ3v) is 5.74. The van der Waals surface area contributed by atoms with Gasteiger partial charge < -0.3 is 15.2 Å². The molecule has 7 heteroatoms. The summed E-state index contributed by atoms with van der Waals surface area (Å²) < 4.78 is 11.2. The first-order chi connectivity index (χ1) is 17.0. The van der Waals surface area contributed by atoms with E-state index in [1.165, 1.54) is 10.6 Å². The molecule has 0 fully saturated rings. The van der Waals surface area contributed by atoms with E-state index in [1.54, 1.807) is 26.5 Å². The van der Waals surface area contributed by atoms with E-state index in [9.17, 15) is 5.26 Å². The van der Waals surface area contributed by atoms with Crippen LogP contribution in [-0.2, 0) is 22.6 Å². The molecule has 7 nitrogen and oxygen atoms in total. The second-order valence-corrected chi connectivity index (χ2v) is 8.22. The van der Waals surface area contributed by atoms with E-state index >= 15 is 0 Å². The fourth-order valence-electron chi connectivity index (χ4n) is 3.77. The number of fused-ring (bicyclic) bond motifs is 1. The zero-order valence-electron chi connectivity index (χ0n) is 20.2. The van der Waals surface area contributed by atoms with E-state index in [2.05, 4.69) is 12.1 Å². The molecule has 35 heavy (non-hydrogen) atoms. The third-order valence-electron chi connectivity index (χ3n) is 5.74. The molecule has 0 amide bonds. The lowest BCUT2D eigenvalue weighted by Gasteiger charge is -2.22. The minimum atomic E-state index is -0.276. The molecule has 0 aliphatic carbocycles. The van der Waals surface area contributed by atoms with Crippen LogP contribution in [0.15, 0.2) is 73.0 Å². The molecule has 1 heterocycles. The number of rotatable bonds is 4. The van der Waals surface area contributed by atoms with Crippen LogP contribution in [-0.4, -0.2) is 31.3 Å². The second kappa shape index (κ2) is 13.0. The molecule has 2 aromatic rings. The normalized spacial score (nSPS) is 16.5. The van der Waals surface area contributed by atoms with Crippen LogP contribution >= 0.6 is 0 Å². The summed E-state index contributed by atoms with van der Waals surface area (Å²) in [5, 5.41) is 18.2. The third kappa shape index (κ3) is 7.76. The number of guanidine groups is 1. The summed E-state index contributed by atoms with van der Waals surface area (Å²) in [5.74, 6) is 0.671. The monoisotopic (exact) mass is 472 g/mol.